The third-order valence-electron chi connectivity index (χ3n) is 4.17. The molecule has 1 fully saturated rings. The van der Waals surface area contributed by atoms with Crippen LogP contribution in [0.5, 0.6) is 0 Å². The summed E-state index contributed by atoms with van der Waals surface area (Å²) in [6, 6.07) is 8.81. The molecule has 1 aliphatic rings. The Hall–Kier alpha value is -2.47. The summed E-state index contributed by atoms with van der Waals surface area (Å²) >= 11 is 0. The second-order valence-electron chi connectivity index (χ2n) is 5.86. The van der Waals surface area contributed by atoms with Gasteiger partial charge in [-0.05, 0) is 24.1 Å². The average Bonchev–Trinajstić information content (AvgIpc) is 2.64. The molecular weight excluding hydrogens is 306 g/mol. The molecule has 0 amide bonds. The number of esters is 1. The van der Waals surface area contributed by atoms with E-state index in [9.17, 15) is 9.90 Å². The zero-order chi connectivity index (χ0) is 16.9. The first kappa shape index (κ1) is 16.4. The van der Waals surface area contributed by atoms with E-state index in [-0.39, 0.29) is 0 Å². The largest absolute Gasteiger partial charge is 0.456 e. The van der Waals surface area contributed by atoms with Crippen molar-refractivity contribution >= 4 is 11.9 Å². The molecule has 1 aromatic carbocycles. The smallest absolute Gasteiger partial charge is 0.338 e. The molecule has 2 heterocycles. The number of rotatable bonds is 4. The Balaban J connectivity index is 1.59. The monoisotopic (exact) mass is 327 g/mol. The predicted octanol–water partition coefficient (Wildman–Crippen LogP) is 1.84. The van der Waals surface area contributed by atoms with Gasteiger partial charge >= 0.3 is 5.97 Å². The molecule has 6 heteroatoms. The van der Waals surface area contributed by atoms with E-state index >= 15 is 0 Å². The van der Waals surface area contributed by atoms with E-state index in [0.717, 1.165) is 12.0 Å². The molecule has 2 atom stereocenters. The topological polar surface area (TPSA) is 75.6 Å². The first-order chi connectivity index (χ1) is 11.7. The minimum atomic E-state index is -0.763. The fraction of sp³-hybridized carbons (Fsp3) is 0.389. The SMILES string of the molecule is CCc1cnc(N2CC[C@H](OC(=O)c3ccccc3)[C@H](O)C2)nc1. The number of piperidine rings is 1. The Labute approximate surface area is 141 Å². The van der Waals surface area contributed by atoms with E-state index in [1.807, 2.05) is 11.0 Å². The van der Waals surface area contributed by atoms with Gasteiger partial charge in [-0.25, -0.2) is 14.8 Å². The van der Waals surface area contributed by atoms with Crippen molar-refractivity contribution < 1.29 is 14.6 Å². The van der Waals surface area contributed by atoms with Crippen molar-refractivity contribution in [1.29, 1.82) is 0 Å². The summed E-state index contributed by atoms with van der Waals surface area (Å²) < 4.78 is 5.45. The molecule has 0 aliphatic carbocycles. The minimum absolute atomic E-state index is 0.345. The summed E-state index contributed by atoms with van der Waals surface area (Å²) in [5.41, 5.74) is 1.57. The van der Waals surface area contributed by atoms with Crippen molar-refractivity contribution in [3.63, 3.8) is 0 Å². The number of carbonyl (C=O) groups is 1. The zero-order valence-electron chi connectivity index (χ0n) is 13.6. The molecule has 0 radical (unpaired) electrons. The molecule has 1 N–H and O–H groups in total. The highest BCUT2D eigenvalue weighted by Gasteiger charge is 2.31. The fourth-order valence-electron chi connectivity index (χ4n) is 2.70. The molecule has 0 saturated carbocycles. The normalized spacial score (nSPS) is 20.7. The number of benzene rings is 1. The molecule has 0 spiro atoms. The first-order valence-corrected chi connectivity index (χ1v) is 8.17. The highest BCUT2D eigenvalue weighted by Crippen LogP contribution is 2.20. The van der Waals surface area contributed by atoms with Gasteiger partial charge in [0.05, 0.1) is 12.1 Å². The lowest BCUT2D eigenvalue weighted by molar-refractivity contribution is -0.0256. The van der Waals surface area contributed by atoms with Crippen LogP contribution in [0.25, 0.3) is 0 Å². The second-order valence-corrected chi connectivity index (χ2v) is 5.86. The Morgan fingerprint density at radius 2 is 2.00 bits per heavy atom. The number of hydrogen-bond donors (Lipinski definition) is 1. The maximum Gasteiger partial charge on any atom is 0.338 e. The standard InChI is InChI=1S/C18H21N3O3/c1-2-13-10-19-18(20-11-13)21-9-8-16(15(22)12-21)24-17(23)14-6-4-3-5-7-14/h3-7,10-11,15-16,22H,2,8-9,12H2,1H3/t15-,16+/m1/s1. The molecule has 1 saturated heterocycles. The lowest BCUT2D eigenvalue weighted by Gasteiger charge is -2.35. The van der Waals surface area contributed by atoms with E-state index in [1.165, 1.54) is 0 Å². The van der Waals surface area contributed by atoms with Gasteiger partial charge in [0.1, 0.15) is 12.2 Å². The van der Waals surface area contributed by atoms with Gasteiger partial charge in [0.15, 0.2) is 0 Å². The van der Waals surface area contributed by atoms with Crippen molar-refractivity contribution in [2.75, 3.05) is 18.0 Å². The zero-order valence-corrected chi connectivity index (χ0v) is 13.6. The van der Waals surface area contributed by atoms with Gasteiger partial charge in [-0.3, -0.25) is 0 Å². The van der Waals surface area contributed by atoms with Crippen LogP contribution < -0.4 is 4.90 Å². The van der Waals surface area contributed by atoms with Crippen molar-refractivity contribution in [3.8, 4) is 0 Å². The first-order valence-electron chi connectivity index (χ1n) is 8.17. The molecule has 126 valence electrons. The molecule has 24 heavy (non-hydrogen) atoms. The van der Waals surface area contributed by atoms with Crippen LogP contribution in [-0.2, 0) is 11.2 Å². The van der Waals surface area contributed by atoms with Crippen LogP contribution in [0.2, 0.25) is 0 Å². The van der Waals surface area contributed by atoms with E-state index in [0.29, 0.717) is 31.0 Å². The van der Waals surface area contributed by atoms with E-state index in [1.54, 1.807) is 36.7 Å². The van der Waals surface area contributed by atoms with E-state index in [4.69, 9.17) is 4.74 Å². The quantitative estimate of drug-likeness (QED) is 0.864. The molecule has 0 bridgehead atoms. The fourth-order valence-corrected chi connectivity index (χ4v) is 2.70. The number of nitrogens with zero attached hydrogens (tertiary/aromatic N) is 3. The summed E-state index contributed by atoms with van der Waals surface area (Å²) in [6.07, 6.45) is 3.76. The van der Waals surface area contributed by atoms with Crippen molar-refractivity contribution in [3.05, 3.63) is 53.9 Å². The van der Waals surface area contributed by atoms with Gasteiger partial charge in [-0.1, -0.05) is 25.1 Å². The summed E-state index contributed by atoms with van der Waals surface area (Å²) in [7, 11) is 0. The highest BCUT2D eigenvalue weighted by atomic mass is 16.6. The Kier molecular flexibility index (Phi) is 5.05. The van der Waals surface area contributed by atoms with Crippen molar-refractivity contribution in [2.45, 2.75) is 32.0 Å². The number of aromatic nitrogens is 2. The number of aliphatic hydroxyl groups excluding tert-OH is 1. The predicted molar refractivity (Wildman–Crippen MR) is 89.9 cm³/mol. The van der Waals surface area contributed by atoms with Gasteiger partial charge in [0, 0.05) is 25.4 Å². The van der Waals surface area contributed by atoms with Crippen LogP contribution in [0.1, 0.15) is 29.3 Å². The number of aryl methyl sites for hydroxylation is 1. The van der Waals surface area contributed by atoms with Gasteiger partial charge in [-0.15, -0.1) is 0 Å². The molecule has 2 aromatic rings. The number of ether oxygens (including phenoxy) is 1. The molecule has 0 unspecified atom stereocenters. The number of hydrogen-bond acceptors (Lipinski definition) is 6. The van der Waals surface area contributed by atoms with Crippen LogP contribution >= 0.6 is 0 Å². The summed E-state index contributed by atoms with van der Waals surface area (Å²) in [5, 5.41) is 10.3. The number of aliphatic hydroxyl groups is 1. The van der Waals surface area contributed by atoms with Crippen LogP contribution in [0, 0.1) is 0 Å². The van der Waals surface area contributed by atoms with Crippen molar-refractivity contribution in [2.24, 2.45) is 0 Å². The summed E-state index contributed by atoms with van der Waals surface area (Å²) in [4.78, 5) is 22.7. The molecular formula is C18H21N3O3. The molecule has 6 nitrogen and oxygen atoms in total. The Bertz CT molecular complexity index is 676. The van der Waals surface area contributed by atoms with E-state index < -0.39 is 18.2 Å². The van der Waals surface area contributed by atoms with Gasteiger partial charge in [0.2, 0.25) is 5.95 Å². The second kappa shape index (κ2) is 7.40. The molecule has 1 aromatic heterocycles. The Morgan fingerprint density at radius 1 is 1.29 bits per heavy atom. The number of anilines is 1. The van der Waals surface area contributed by atoms with Gasteiger partial charge < -0.3 is 14.7 Å². The third kappa shape index (κ3) is 3.71. The third-order valence-corrected chi connectivity index (χ3v) is 4.17. The van der Waals surface area contributed by atoms with Crippen LogP contribution in [0.15, 0.2) is 42.7 Å². The highest BCUT2D eigenvalue weighted by molar-refractivity contribution is 5.89. The summed E-state index contributed by atoms with van der Waals surface area (Å²) in [6.45, 7) is 3.03. The van der Waals surface area contributed by atoms with Crippen LogP contribution in [0.4, 0.5) is 5.95 Å². The number of carbonyl (C=O) groups excluding carboxylic acids is 1. The Morgan fingerprint density at radius 3 is 2.62 bits per heavy atom. The van der Waals surface area contributed by atoms with Crippen LogP contribution in [-0.4, -0.2) is 46.3 Å². The molecule has 3 rings (SSSR count). The summed E-state index contributed by atoms with van der Waals surface area (Å²) in [5.74, 6) is 0.190. The number of β-amino-alcohol motifs (C(OH)–C–C–N with tert-alkyl or cyclic N) is 1. The lowest BCUT2D eigenvalue weighted by atomic mass is 10.0. The van der Waals surface area contributed by atoms with Gasteiger partial charge in [0.25, 0.3) is 0 Å². The molecule has 1 aliphatic heterocycles. The van der Waals surface area contributed by atoms with E-state index in [2.05, 4.69) is 16.9 Å². The average molecular weight is 327 g/mol. The van der Waals surface area contributed by atoms with Crippen LogP contribution in [0.3, 0.4) is 0 Å². The maximum atomic E-state index is 12.1. The minimum Gasteiger partial charge on any atom is -0.456 e. The lowest BCUT2D eigenvalue weighted by Crippen LogP contribution is -2.49. The van der Waals surface area contributed by atoms with Crippen molar-refractivity contribution in [1.82, 2.24) is 9.97 Å². The van der Waals surface area contributed by atoms with Gasteiger partial charge in [-0.2, -0.15) is 0 Å². The maximum absolute atomic E-state index is 12.1.